The van der Waals surface area contributed by atoms with Crippen LogP contribution in [-0.2, 0) is 4.74 Å². The third kappa shape index (κ3) is 1.48. The summed E-state index contributed by atoms with van der Waals surface area (Å²) in [5.41, 5.74) is 2.05. The topological polar surface area (TPSA) is 26.5 Å². The molecule has 0 spiro atoms. The Labute approximate surface area is 82.7 Å². The summed E-state index contributed by atoms with van der Waals surface area (Å²) in [6.07, 6.45) is 5.53. The van der Waals surface area contributed by atoms with Crippen molar-refractivity contribution in [2.75, 3.05) is 6.61 Å². The molecular formula is C11H12N2O. The van der Waals surface area contributed by atoms with Crippen LogP contribution in [0.2, 0.25) is 0 Å². The van der Waals surface area contributed by atoms with Gasteiger partial charge in [0.2, 0.25) is 0 Å². The number of ether oxygens (including phenoxy) is 1. The zero-order valence-corrected chi connectivity index (χ0v) is 8.10. The van der Waals surface area contributed by atoms with Crippen LogP contribution in [0.5, 0.6) is 0 Å². The summed E-state index contributed by atoms with van der Waals surface area (Å²) in [5, 5.41) is 0. The predicted molar refractivity (Wildman–Crippen MR) is 55.9 cm³/mol. The fourth-order valence-electron chi connectivity index (χ4n) is 1.34. The van der Waals surface area contributed by atoms with Gasteiger partial charge < -0.3 is 9.14 Å². The molecule has 2 heterocycles. The summed E-state index contributed by atoms with van der Waals surface area (Å²) in [6, 6.07) is 3.97. The highest BCUT2D eigenvalue weighted by Gasteiger charge is 2.00. The molecular weight excluding hydrogens is 176 g/mol. The minimum atomic E-state index is 0.640. The molecule has 3 heteroatoms. The first-order valence-corrected chi connectivity index (χ1v) is 4.55. The minimum absolute atomic E-state index is 0.640. The molecule has 0 fully saturated rings. The summed E-state index contributed by atoms with van der Waals surface area (Å²) in [5.74, 6) is 0.697. The number of aromatic nitrogens is 2. The maximum atomic E-state index is 5.33. The molecule has 72 valence electrons. The lowest BCUT2D eigenvalue weighted by atomic mass is 10.2. The second-order valence-corrected chi connectivity index (χ2v) is 3.00. The third-order valence-electron chi connectivity index (χ3n) is 2.05. The standard InChI is InChI=1S/C11H12N2O/c1-3-14-9(2)10-4-5-11-6-12-8-13(11)7-10/h4-8H,2-3H2,1H3. The second-order valence-electron chi connectivity index (χ2n) is 3.00. The van der Waals surface area contributed by atoms with Crippen LogP contribution in [0, 0.1) is 0 Å². The monoisotopic (exact) mass is 188 g/mol. The molecule has 0 bridgehead atoms. The lowest BCUT2D eigenvalue weighted by Gasteiger charge is -2.06. The molecule has 2 aromatic rings. The molecule has 2 rings (SSSR count). The van der Waals surface area contributed by atoms with E-state index in [0.29, 0.717) is 12.4 Å². The summed E-state index contributed by atoms with van der Waals surface area (Å²) < 4.78 is 7.27. The molecule has 14 heavy (non-hydrogen) atoms. The van der Waals surface area contributed by atoms with E-state index in [-0.39, 0.29) is 0 Å². The number of nitrogens with zero attached hydrogens (tertiary/aromatic N) is 2. The number of hydrogen-bond donors (Lipinski definition) is 0. The van der Waals surface area contributed by atoms with Crippen molar-refractivity contribution in [2.24, 2.45) is 0 Å². The minimum Gasteiger partial charge on any atom is -0.494 e. The highest BCUT2D eigenvalue weighted by atomic mass is 16.5. The maximum Gasteiger partial charge on any atom is 0.120 e. The van der Waals surface area contributed by atoms with Gasteiger partial charge in [-0.3, -0.25) is 0 Å². The van der Waals surface area contributed by atoms with Gasteiger partial charge in [0, 0.05) is 11.8 Å². The van der Waals surface area contributed by atoms with Gasteiger partial charge in [-0.15, -0.1) is 0 Å². The van der Waals surface area contributed by atoms with Crippen molar-refractivity contribution in [3.63, 3.8) is 0 Å². The molecule has 3 nitrogen and oxygen atoms in total. The molecule has 0 aromatic carbocycles. The van der Waals surface area contributed by atoms with Crippen molar-refractivity contribution in [1.82, 2.24) is 9.38 Å². The number of hydrogen-bond acceptors (Lipinski definition) is 2. The van der Waals surface area contributed by atoms with Crippen molar-refractivity contribution in [2.45, 2.75) is 6.92 Å². The van der Waals surface area contributed by atoms with Crippen LogP contribution in [-0.4, -0.2) is 16.0 Å². The van der Waals surface area contributed by atoms with Gasteiger partial charge in [-0.1, -0.05) is 6.58 Å². The second kappa shape index (κ2) is 3.54. The SMILES string of the molecule is C=C(OCC)c1ccc2cncn2c1. The zero-order chi connectivity index (χ0) is 9.97. The van der Waals surface area contributed by atoms with Crippen molar-refractivity contribution >= 4 is 11.3 Å². The first-order valence-electron chi connectivity index (χ1n) is 4.55. The summed E-state index contributed by atoms with van der Waals surface area (Å²) in [4.78, 5) is 4.04. The summed E-state index contributed by atoms with van der Waals surface area (Å²) in [7, 11) is 0. The van der Waals surface area contributed by atoms with Crippen molar-refractivity contribution in [1.29, 1.82) is 0 Å². The van der Waals surface area contributed by atoms with Gasteiger partial charge in [-0.25, -0.2) is 4.98 Å². The average molecular weight is 188 g/mol. The Balaban J connectivity index is 2.38. The Morgan fingerprint density at radius 2 is 2.43 bits per heavy atom. The zero-order valence-electron chi connectivity index (χ0n) is 8.10. The van der Waals surface area contributed by atoms with Gasteiger partial charge in [-0.2, -0.15) is 0 Å². The fourth-order valence-corrected chi connectivity index (χ4v) is 1.34. The normalized spacial score (nSPS) is 10.4. The molecule has 0 N–H and O–H groups in total. The molecule has 0 saturated heterocycles. The van der Waals surface area contributed by atoms with E-state index in [1.54, 1.807) is 6.33 Å². The Morgan fingerprint density at radius 1 is 1.57 bits per heavy atom. The molecule has 0 aliphatic heterocycles. The van der Waals surface area contributed by atoms with E-state index in [9.17, 15) is 0 Å². The Bertz CT molecular complexity index is 459. The number of imidazole rings is 1. The molecule has 0 aliphatic carbocycles. The number of fused-ring (bicyclic) bond motifs is 1. The quantitative estimate of drug-likeness (QED) is 0.691. The van der Waals surface area contributed by atoms with Crippen LogP contribution in [0.25, 0.3) is 11.3 Å². The van der Waals surface area contributed by atoms with Crippen LogP contribution >= 0.6 is 0 Å². The van der Waals surface area contributed by atoms with Gasteiger partial charge in [0.05, 0.1) is 24.6 Å². The molecule has 0 unspecified atom stereocenters. The molecule has 0 saturated carbocycles. The van der Waals surface area contributed by atoms with Crippen LogP contribution in [0.4, 0.5) is 0 Å². The van der Waals surface area contributed by atoms with E-state index in [1.807, 2.05) is 35.9 Å². The van der Waals surface area contributed by atoms with Gasteiger partial charge in [-0.05, 0) is 19.1 Å². The van der Waals surface area contributed by atoms with Crippen molar-refractivity contribution in [3.8, 4) is 0 Å². The first kappa shape index (κ1) is 8.81. The van der Waals surface area contributed by atoms with E-state index in [4.69, 9.17) is 4.74 Å². The smallest absolute Gasteiger partial charge is 0.120 e. The Morgan fingerprint density at radius 3 is 3.21 bits per heavy atom. The van der Waals surface area contributed by atoms with Crippen molar-refractivity contribution in [3.05, 3.63) is 43.0 Å². The van der Waals surface area contributed by atoms with E-state index in [1.165, 1.54) is 0 Å². The molecule has 0 radical (unpaired) electrons. The molecule has 0 aliphatic rings. The average Bonchev–Trinajstić information content (AvgIpc) is 2.64. The summed E-state index contributed by atoms with van der Waals surface area (Å²) in [6.45, 7) is 6.43. The van der Waals surface area contributed by atoms with Gasteiger partial charge in [0.1, 0.15) is 5.76 Å². The van der Waals surface area contributed by atoms with Gasteiger partial charge >= 0.3 is 0 Å². The fraction of sp³-hybridized carbons (Fsp3) is 0.182. The Kier molecular flexibility index (Phi) is 2.23. The van der Waals surface area contributed by atoms with Crippen molar-refractivity contribution < 1.29 is 4.74 Å². The highest BCUT2D eigenvalue weighted by Crippen LogP contribution is 2.14. The van der Waals surface area contributed by atoms with Gasteiger partial charge in [0.25, 0.3) is 0 Å². The van der Waals surface area contributed by atoms with E-state index in [2.05, 4.69) is 11.6 Å². The molecule has 0 amide bonds. The Hall–Kier alpha value is -1.77. The summed E-state index contributed by atoms with van der Waals surface area (Å²) >= 11 is 0. The van der Waals surface area contributed by atoms with E-state index < -0.39 is 0 Å². The number of rotatable bonds is 3. The lowest BCUT2D eigenvalue weighted by Crippen LogP contribution is -1.92. The van der Waals surface area contributed by atoms with Crippen LogP contribution in [0.1, 0.15) is 12.5 Å². The first-order chi connectivity index (χ1) is 6.81. The van der Waals surface area contributed by atoms with Crippen LogP contribution < -0.4 is 0 Å². The molecule has 2 aromatic heterocycles. The van der Waals surface area contributed by atoms with Crippen LogP contribution in [0.3, 0.4) is 0 Å². The number of pyridine rings is 1. The third-order valence-corrected chi connectivity index (χ3v) is 2.05. The lowest BCUT2D eigenvalue weighted by molar-refractivity contribution is 0.299. The van der Waals surface area contributed by atoms with E-state index in [0.717, 1.165) is 11.1 Å². The molecule has 0 atom stereocenters. The highest BCUT2D eigenvalue weighted by molar-refractivity contribution is 5.59. The van der Waals surface area contributed by atoms with E-state index >= 15 is 0 Å². The predicted octanol–water partition coefficient (Wildman–Crippen LogP) is 2.34. The van der Waals surface area contributed by atoms with Gasteiger partial charge in [0.15, 0.2) is 0 Å². The largest absolute Gasteiger partial charge is 0.494 e. The van der Waals surface area contributed by atoms with Crippen LogP contribution in [0.15, 0.2) is 37.4 Å². The maximum absolute atomic E-state index is 5.33.